The number of rotatable bonds is 3. The van der Waals surface area contributed by atoms with E-state index >= 15 is 0 Å². The standard InChI is InChI=1S/C22H23FN2O2/c1-15-19-14-16(23)8-9-20(19)27-21(15)22(26)25-12-10-18(11-13-25)24(2)17-6-4-3-5-7-17/h3-9,14,18H,10-13H2,1-2H3. The molecule has 140 valence electrons. The summed E-state index contributed by atoms with van der Waals surface area (Å²) in [6, 6.07) is 15.1. The third kappa shape index (κ3) is 3.29. The summed E-state index contributed by atoms with van der Waals surface area (Å²) in [5.74, 6) is -0.106. The van der Waals surface area contributed by atoms with Gasteiger partial charge in [-0.15, -0.1) is 0 Å². The highest BCUT2D eigenvalue weighted by Gasteiger charge is 2.29. The van der Waals surface area contributed by atoms with Crippen molar-refractivity contribution in [2.24, 2.45) is 0 Å². The van der Waals surface area contributed by atoms with Gasteiger partial charge >= 0.3 is 0 Å². The lowest BCUT2D eigenvalue weighted by atomic mass is 10.0. The molecule has 1 aliphatic rings. The summed E-state index contributed by atoms with van der Waals surface area (Å²) in [4.78, 5) is 17.1. The number of fused-ring (bicyclic) bond motifs is 1. The molecule has 0 unspecified atom stereocenters. The first-order valence-electron chi connectivity index (χ1n) is 9.30. The lowest BCUT2D eigenvalue weighted by molar-refractivity contribution is 0.0682. The number of furan rings is 1. The molecule has 1 aromatic heterocycles. The minimum absolute atomic E-state index is 0.107. The van der Waals surface area contributed by atoms with Gasteiger partial charge in [-0.3, -0.25) is 4.79 Å². The third-order valence-corrected chi connectivity index (χ3v) is 5.56. The molecule has 0 atom stereocenters. The zero-order chi connectivity index (χ0) is 19.0. The molecule has 3 aromatic rings. The van der Waals surface area contributed by atoms with Crippen LogP contribution in [0.3, 0.4) is 0 Å². The normalized spacial score (nSPS) is 15.3. The van der Waals surface area contributed by atoms with E-state index in [1.807, 2.05) is 30.0 Å². The highest BCUT2D eigenvalue weighted by atomic mass is 19.1. The predicted molar refractivity (Wildman–Crippen MR) is 105 cm³/mol. The highest BCUT2D eigenvalue weighted by Crippen LogP contribution is 2.28. The van der Waals surface area contributed by atoms with E-state index in [-0.39, 0.29) is 11.7 Å². The Labute approximate surface area is 158 Å². The Balaban J connectivity index is 1.47. The number of halogens is 1. The smallest absolute Gasteiger partial charge is 0.289 e. The molecule has 27 heavy (non-hydrogen) atoms. The van der Waals surface area contributed by atoms with Crippen LogP contribution in [-0.4, -0.2) is 37.0 Å². The maximum Gasteiger partial charge on any atom is 0.289 e. The number of piperidine rings is 1. The van der Waals surface area contributed by atoms with Crippen LogP contribution in [-0.2, 0) is 0 Å². The van der Waals surface area contributed by atoms with Crippen molar-refractivity contribution in [1.29, 1.82) is 0 Å². The number of hydrogen-bond acceptors (Lipinski definition) is 3. The first kappa shape index (κ1) is 17.6. The number of hydrogen-bond donors (Lipinski definition) is 0. The third-order valence-electron chi connectivity index (χ3n) is 5.56. The minimum atomic E-state index is -0.324. The fraction of sp³-hybridized carbons (Fsp3) is 0.318. The Hall–Kier alpha value is -2.82. The van der Waals surface area contributed by atoms with Crippen LogP contribution in [0.25, 0.3) is 11.0 Å². The molecular weight excluding hydrogens is 343 g/mol. The number of para-hydroxylation sites is 1. The Morgan fingerprint density at radius 3 is 2.56 bits per heavy atom. The number of amides is 1. The highest BCUT2D eigenvalue weighted by molar-refractivity contribution is 5.99. The summed E-state index contributed by atoms with van der Waals surface area (Å²) in [6.07, 6.45) is 1.82. The van der Waals surface area contributed by atoms with Crippen LogP contribution < -0.4 is 4.90 Å². The van der Waals surface area contributed by atoms with E-state index in [2.05, 4.69) is 24.1 Å². The van der Waals surface area contributed by atoms with Crippen molar-refractivity contribution < 1.29 is 13.6 Å². The minimum Gasteiger partial charge on any atom is -0.451 e. The van der Waals surface area contributed by atoms with Crippen molar-refractivity contribution in [2.75, 3.05) is 25.0 Å². The topological polar surface area (TPSA) is 36.7 Å². The summed E-state index contributed by atoms with van der Waals surface area (Å²) < 4.78 is 19.2. The van der Waals surface area contributed by atoms with E-state index in [1.54, 1.807) is 6.07 Å². The Morgan fingerprint density at radius 2 is 1.85 bits per heavy atom. The molecule has 0 N–H and O–H groups in total. The SMILES string of the molecule is Cc1c(C(=O)N2CCC(N(C)c3ccccc3)CC2)oc2ccc(F)cc12. The largest absolute Gasteiger partial charge is 0.451 e. The van der Waals surface area contributed by atoms with E-state index in [1.165, 1.54) is 17.8 Å². The van der Waals surface area contributed by atoms with Gasteiger partial charge in [-0.1, -0.05) is 18.2 Å². The van der Waals surface area contributed by atoms with Crippen molar-refractivity contribution >= 4 is 22.6 Å². The lowest BCUT2D eigenvalue weighted by Gasteiger charge is -2.37. The number of benzene rings is 2. The zero-order valence-electron chi connectivity index (χ0n) is 15.6. The van der Waals surface area contributed by atoms with Crippen LogP contribution in [0.15, 0.2) is 52.9 Å². The van der Waals surface area contributed by atoms with Crippen LogP contribution in [0.2, 0.25) is 0 Å². The Bertz CT molecular complexity index is 959. The fourth-order valence-electron chi connectivity index (χ4n) is 3.87. The molecule has 5 heteroatoms. The van der Waals surface area contributed by atoms with Gasteiger partial charge in [-0.05, 0) is 50.1 Å². The Kier molecular flexibility index (Phi) is 4.60. The van der Waals surface area contributed by atoms with Gasteiger partial charge in [0.25, 0.3) is 5.91 Å². The molecule has 1 saturated heterocycles. The van der Waals surface area contributed by atoms with E-state index < -0.39 is 0 Å². The molecule has 0 saturated carbocycles. The second-order valence-corrected chi connectivity index (χ2v) is 7.17. The second-order valence-electron chi connectivity index (χ2n) is 7.17. The quantitative estimate of drug-likeness (QED) is 0.679. The number of nitrogens with zero attached hydrogens (tertiary/aromatic N) is 2. The Morgan fingerprint density at radius 1 is 1.15 bits per heavy atom. The number of carbonyl (C=O) groups is 1. The van der Waals surface area contributed by atoms with E-state index in [9.17, 15) is 9.18 Å². The molecule has 0 aliphatic carbocycles. The van der Waals surface area contributed by atoms with Crippen molar-refractivity contribution in [1.82, 2.24) is 4.90 Å². The summed E-state index contributed by atoms with van der Waals surface area (Å²) in [6.45, 7) is 3.19. The van der Waals surface area contributed by atoms with E-state index in [4.69, 9.17) is 4.42 Å². The molecule has 2 heterocycles. The fourth-order valence-corrected chi connectivity index (χ4v) is 3.87. The lowest BCUT2D eigenvalue weighted by Crippen LogP contribution is -2.45. The molecule has 0 radical (unpaired) electrons. The van der Waals surface area contributed by atoms with Crippen LogP contribution >= 0.6 is 0 Å². The summed E-state index contributed by atoms with van der Waals surface area (Å²) in [5.41, 5.74) is 2.45. The molecule has 1 aliphatic heterocycles. The van der Waals surface area contributed by atoms with Gasteiger partial charge in [-0.25, -0.2) is 4.39 Å². The van der Waals surface area contributed by atoms with Crippen LogP contribution in [0.1, 0.15) is 29.0 Å². The van der Waals surface area contributed by atoms with Crippen LogP contribution in [0, 0.1) is 12.7 Å². The van der Waals surface area contributed by atoms with E-state index in [0.717, 1.165) is 12.8 Å². The average molecular weight is 366 g/mol. The molecule has 1 fully saturated rings. The number of anilines is 1. The van der Waals surface area contributed by atoms with Crippen LogP contribution in [0.4, 0.5) is 10.1 Å². The van der Waals surface area contributed by atoms with Gasteiger partial charge in [0.05, 0.1) is 0 Å². The number of aryl methyl sites for hydroxylation is 1. The molecular formula is C22H23FN2O2. The summed E-state index contributed by atoms with van der Waals surface area (Å²) in [5, 5.41) is 0.664. The van der Waals surface area contributed by atoms with Gasteiger partial charge < -0.3 is 14.2 Å². The number of likely N-dealkylation sites (tertiary alicyclic amines) is 1. The van der Waals surface area contributed by atoms with Crippen molar-refractivity contribution in [3.8, 4) is 0 Å². The molecule has 4 nitrogen and oxygen atoms in total. The molecule has 4 rings (SSSR count). The summed E-state index contributed by atoms with van der Waals surface area (Å²) in [7, 11) is 2.11. The second kappa shape index (κ2) is 7.06. The van der Waals surface area contributed by atoms with Crippen LogP contribution in [0.5, 0.6) is 0 Å². The van der Waals surface area contributed by atoms with Gasteiger partial charge in [0.1, 0.15) is 11.4 Å². The van der Waals surface area contributed by atoms with Gasteiger partial charge in [0, 0.05) is 42.8 Å². The molecule has 0 bridgehead atoms. The van der Waals surface area contributed by atoms with Crippen molar-refractivity contribution in [3.05, 3.63) is 65.7 Å². The van der Waals surface area contributed by atoms with E-state index in [0.29, 0.717) is 41.4 Å². The van der Waals surface area contributed by atoms with Crippen molar-refractivity contribution in [3.63, 3.8) is 0 Å². The van der Waals surface area contributed by atoms with Gasteiger partial charge in [-0.2, -0.15) is 0 Å². The summed E-state index contributed by atoms with van der Waals surface area (Å²) >= 11 is 0. The monoisotopic (exact) mass is 366 g/mol. The molecule has 1 amide bonds. The average Bonchev–Trinajstić information content (AvgIpc) is 3.04. The molecule has 0 spiro atoms. The van der Waals surface area contributed by atoms with Crippen molar-refractivity contribution in [2.45, 2.75) is 25.8 Å². The first-order chi connectivity index (χ1) is 13.0. The zero-order valence-corrected chi connectivity index (χ0v) is 15.6. The molecule has 2 aromatic carbocycles. The van der Waals surface area contributed by atoms with Gasteiger partial charge in [0.15, 0.2) is 5.76 Å². The predicted octanol–water partition coefficient (Wildman–Crippen LogP) is 4.62. The maximum absolute atomic E-state index is 13.5. The number of carbonyl (C=O) groups excluding carboxylic acids is 1. The first-order valence-corrected chi connectivity index (χ1v) is 9.30. The maximum atomic E-state index is 13.5. The van der Waals surface area contributed by atoms with Gasteiger partial charge in [0.2, 0.25) is 0 Å².